The maximum Gasteiger partial charge on any atom is 0.187 e. The first-order chi connectivity index (χ1) is 35.4. The van der Waals surface area contributed by atoms with Gasteiger partial charge in [0.2, 0.25) is 0 Å². The highest BCUT2D eigenvalue weighted by molar-refractivity contribution is 5.16. The Morgan fingerprint density at radius 3 is 1.79 bits per heavy atom. The molecule has 0 unspecified atom stereocenters. The van der Waals surface area contributed by atoms with E-state index in [0.717, 1.165) is 32.1 Å². The zero-order valence-corrected chi connectivity index (χ0v) is 44.2. The van der Waals surface area contributed by atoms with E-state index in [9.17, 15) is 66.4 Å². The highest BCUT2D eigenvalue weighted by Crippen LogP contribution is 2.71. The number of hydrogen-bond acceptors (Lipinski definition) is 23. The van der Waals surface area contributed by atoms with Crippen LogP contribution in [0.1, 0.15) is 99.3 Å². The zero-order valence-electron chi connectivity index (χ0n) is 44.2. The predicted molar refractivity (Wildman–Crippen MR) is 255 cm³/mol. The van der Waals surface area contributed by atoms with E-state index in [1.807, 2.05) is 6.92 Å². The molecule has 434 valence electrons. The van der Waals surface area contributed by atoms with Crippen molar-refractivity contribution < 1.29 is 114 Å². The molecule has 4 saturated carbocycles. The summed E-state index contributed by atoms with van der Waals surface area (Å²) in [6.07, 6.45) is -24.5. The molecule has 23 nitrogen and oxygen atoms in total. The fourth-order valence-corrected chi connectivity index (χ4v) is 15.9. The van der Waals surface area contributed by atoms with Gasteiger partial charge >= 0.3 is 0 Å². The second kappa shape index (κ2) is 22.8. The summed E-state index contributed by atoms with van der Waals surface area (Å²) in [5, 5.41) is 139. The molecule has 0 aromatic carbocycles. The number of aliphatic hydroxyl groups is 13. The quantitative estimate of drug-likeness (QED) is 0.0769. The molecule has 0 aromatic rings. The van der Waals surface area contributed by atoms with Crippen LogP contribution in [-0.4, -0.2) is 240 Å². The molecule has 0 spiro atoms. The summed E-state index contributed by atoms with van der Waals surface area (Å²) in [6, 6.07) is 0. The van der Waals surface area contributed by atoms with Crippen LogP contribution >= 0.6 is 0 Å². The molecule has 33 atom stereocenters. The lowest BCUT2D eigenvalue weighted by Gasteiger charge is -2.62. The topological polar surface area (TPSA) is 355 Å². The first-order valence-electron chi connectivity index (χ1n) is 27.6. The van der Waals surface area contributed by atoms with Gasteiger partial charge in [-0.1, -0.05) is 27.7 Å². The van der Waals surface area contributed by atoms with E-state index in [1.165, 1.54) is 13.8 Å². The normalized spacial score (nSPS) is 56.4. The van der Waals surface area contributed by atoms with Crippen LogP contribution in [0, 0.1) is 52.3 Å². The van der Waals surface area contributed by atoms with E-state index >= 15 is 0 Å². The molecule has 13 N–H and O–H groups in total. The van der Waals surface area contributed by atoms with Crippen LogP contribution in [0.3, 0.4) is 0 Å². The molecule has 23 heteroatoms. The monoisotopic (exact) mass is 1080 g/mol. The van der Waals surface area contributed by atoms with Crippen LogP contribution in [0.5, 0.6) is 0 Å². The molecule has 0 radical (unpaired) electrons. The fourth-order valence-electron chi connectivity index (χ4n) is 15.9. The Bertz CT molecular complexity index is 1890. The Morgan fingerprint density at radius 1 is 0.587 bits per heavy atom. The Labute approximate surface area is 438 Å². The summed E-state index contributed by atoms with van der Waals surface area (Å²) in [6.45, 7) is 10.8. The number of aliphatic hydroxyl groups excluding tert-OH is 13. The average Bonchev–Trinajstić information content (AvgIpc) is 3.85. The summed E-state index contributed by atoms with van der Waals surface area (Å²) in [5.74, 6) is 0.710. The Morgan fingerprint density at radius 2 is 1.17 bits per heavy atom. The summed E-state index contributed by atoms with van der Waals surface area (Å²) in [5.41, 5.74) is -0.275. The van der Waals surface area contributed by atoms with E-state index in [1.54, 1.807) is 7.11 Å². The number of methoxy groups -OCH3 is 1. The minimum absolute atomic E-state index is 0.0108. The van der Waals surface area contributed by atoms with Gasteiger partial charge in [0.1, 0.15) is 85.5 Å². The van der Waals surface area contributed by atoms with Gasteiger partial charge in [0.05, 0.1) is 50.3 Å². The van der Waals surface area contributed by atoms with Gasteiger partial charge in [-0.2, -0.15) is 0 Å². The van der Waals surface area contributed by atoms with Gasteiger partial charge in [0, 0.05) is 19.4 Å². The molecule has 0 aromatic heterocycles. The van der Waals surface area contributed by atoms with E-state index in [2.05, 4.69) is 20.8 Å². The molecule has 9 fully saturated rings. The lowest BCUT2D eigenvalue weighted by Crippen LogP contribution is -2.67. The van der Waals surface area contributed by atoms with Gasteiger partial charge in [-0.3, -0.25) is 0 Å². The standard InChI is InChI=1S/C52H88O23/c1-20(19-67-46-40(62)39(61)36(58)31(17-53)71-46)10-13-52(66-7)21(2)33-30(75-52)15-27-25-9-8-24-14-29(28(55)16-51(24,6)26(25)11-12-50(27,33)5)70-49-45(74-48-42(64)38(60)35(57)23(4)69-48)43(65)44(32(18-54)72-49)73-47-41(63)37(59)34(56)22(3)68-47/h20-49,53-65H,8-19H2,1-7H3/t20-,21+,22+,23+,24+,25-,26+,27-,28-,29-,30+,31-,32-,33+,34+,35+,36-,37-,38-,39+,40-,41-,42-,43+,44-,45-,46-,47+,48+,49-,50+,51+,52+/m1/s1. The van der Waals surface area contributed by atoms with E-state index in [0.29, 0.717) is 43.4 Å². The molecular formula is C52H88O23. The van der Waals surface area contributed by atoms with Gasteiger partial charge in [-0.15, -0.1) is 0 Å². The Balaban J connectivity index is 0.852. The summed E-state index contributed by atoms with van der Waals surface area (Å²) in [4.78, 5) is 0. The lowest BCUT2D eigenvalue weighted by molar-refractivity contribution is -0.391. The van der Waals surface area contributed by atoms with Crippen molar-refractivity contribution in [1.29, 1.82) is 0 Å². The minimum atomic E-state index is -1.79. The molecule has 0 amide bonds. The highest BCUT2D eigenvalue weighted by atomic mass is 16.8. The molecule has 4 aliphatic carbocycles. The van der Waals surface area contributed by atoms with Crippen LogP contribution < -0.4 is 0 Å². The van der Waals surface area contributed by atoms with Crippen molar-refractivity contribution in [3.05, 3.63) is 0 Å². The minimum Gasteiger partial charge on any atom is -0.394 e. The number of hydrogen-bond donors (Lipinski definition) is 13. The number of rotatable bonds is 15. The van der Waals surface area contributed by atoms with Crippen molar-refractivity contribution in [1.82, 2.24) is 0 Å². The van der Waals surface area contributed by atoms with E-state index in [-0.39, 0.29) is 47.2 Å². The van der Waals surface area contributed by atoms with Crippen molar-refractivity contribution in [2.24, 2.45) is 52.3 Å². The average molecular weight is 1080 g/mol. The summed E-state index contributed by atoms with van der Waals surface area (Å²) < 4.78 is 61.3. The molecule has 9 rings (SSSR count). The van der Waals surface area contributed by atoms with Crippen LogP contribution in [0.2, 0.25) is 0 Å². The van der Waals surface area contributed by atoms with Gasteiger partial charge in [0.15, 0.2) is 30.9 Å². The molecule has 75 heavy (non-hydrogen) atoms. The fraction of sp³-hybridized carbons (Fsp3) is 1.00. The lowest BCUT2D eigenvalue weighted by atomic mass is 9.44. The molecule has 0 bridgehead atoms. The van der Waals surface area contributed by atoms with Gasteiger partial charge in [-0.25, -0.2) is 0 Å². The first-order valence-corrected chi connectivity index (χ1v) is 27.6. The van der Waals surface area contributed by atoms with Crippen LogP contribution in [0.15, 0.2) is 0 Å². The summed E-state index contributed by atoms with van der Waals surface area (Å²) in [7, 11) is 1.70. The van der Waals surface area contributed by atoms with Crippen LogP contribution in [-0.2, 0) is 47.4 Å². The molecular weight excluding hydrogens is 993 g/mol. The van der Waals surface area contributed by atoms with Crippen molar-refractivity contribution in [3.8, 4) is 0 Å². The Hall–Kier alpha value is -0.920. The van der Waals surface area contributed by atoms with E-state index in [4.69, 9.17) is 47.4 Å². The third-order valence-corrected chi connectivity index (χ3v) is 20.4. The second-order valence-corrected chi connectivity index (χ2v) is 24.6. The van der Waals surface area contributed by atoms with Crippen molar-refractivity contribution >= 4 is 0 Å². The first kappa shape index (κ1) is 58.7. The highest BCUT2D eigenvalue weighted by Gasteiger charge is 2.69. The smallest absolute Gasteiger partial charge is 0.187 e. The zero-order chi connectivity index (χ0) is 54.4. The van der Waals surface area contributed by atoms with Gasteiger partial charge in [0.25, 0.3) is 0 Å². The van der Waals surface area contributed by atoms with E-state index < -0.39 is 154 Å². The third kappa shape index (κ3) is 10.4. The molecule has 9 aliphatic rings. The molecule has 5 aliphatic heterocycles. The number of fused-ring (bicyclic) bond motifs is 7. The SMILES string of the molecule is CO[C@@]1(CC[C@@H](C)CO[C@@H]2O[C@H](CO)[C@@H](O)[C@H](O)[C@H]2O)O[C@H]2C[C@@H]3[C@@H]4CC[C@H]5C[C@@H](O[C@@H]6O[C@H](CO)[C@@H](O[C@@H]7O[C@@H](C)[C@H](O)[C@@H](O)[C@H]7O)[C@H](O)[C@H]6O[C@@H]6O[C@@H](C)[C@H](O)[C@@H](O)[C@H]6O)[C@H](O)C[C@]5(C)[C@H]4CC[C@]3(C)[C@H]2[C@@H]1C. The maximum absolute atomic E-state index is 12.2. The van der Waals surface area contributed by atoms with Crippen LogP contribution in [0.4, 0.5) is 0 Å². The van der Waals surface area contributed by atoms with Gasteiger partial charge in [-0.05, 0) is 112 Å². The Kier molecular flexibility index (Phi) is 17.8. The van der Waals surface area contributed by atoms with Crippen molar-refractivity contribution in [3.63, 3.8) is 0 Å². The van der Waals surface area contributed by atoms with Crippen LogP contribution in [0.25, 0.3) is 0 Å². The summed E-state index contributed by atoms with van der Waals surface area (Å²) >= 11 is 0. The maximum atomic E-state index is 12.2. The molecule has 5 saturated heterocycles. The van der Waals surface area contributed by atoms with Crippen molar-refractivity contribution in [2.45, 2.75) is 246 Å². The molecule has 5 heterocycles. The third-order valence-electron chi connectivity index (χ3n) is 20.4. The predicted octanol–water partition coefficient (Wildman–Crippen LogP) is -2.27. The van der Waals surface area contributed by atoms with Crippen molar-refractivity contribution in [2.75, 3.05) is 26.9 Å². The number of ether oxygens (including phenoxy) is 10. The van der Waals surface area contributed by atoms with Gasteiger partial charge < -0.3 is 114 Å². The largest absolute Gasteiger partial charge is 0.394 e. The second-order valence-electron chi connectivity index (χ2n) is 24.6.